The topological polar surface area (TPSA) is 105 Å². The lowest BCUT2D eigenvalue weighted by Gasteiger charge is -2.32. The van der Waals surface area contributed by atoms with Gasteiger partial charge in [0.2, 0.25) is 11.8 Å². The number of esters is 1. The van der Waals surface area contributed by atoms with Gasteiger partial charge in [0.05, 0.1) is 31.2 Å². The van der Waals surface area contributed by atoms with E-state index in [1.165, 1.54) is 24.1 Å². The summed E-state index contributed by atoms with van der Waals surface area (Å²) in [4.78, 5) is 41.9. The number of hydrogen-bond acceptors (Lipinski definition) is 8. The largest absolute Gasteiger partial charge is 0.508 e. The smallest absolute Gasteiger partial charge is 0.326 e. The molecular formula is C25H28N2O6S. The van der Waals surface area contributed by atoms with Crippen LogP contribution in [0.15, 0.2) is 48.5 Å². The van der Waals surface area contributed by atoms with E-state index >= 15 is 0 Å². The van der Waals surface area contributed by atoms with Crippen LogP contribution in [0.1, 0.15) is 24.9 Å². The van der Waals surface area contributed by atoms with E-state index in [1.54, 1.807) is 48.2 Å². The zero-order valence-corrected chi connectivity index (χ0v) is 20.1. The Bertz CT molecular complexity index is 1070. The molecule has 0 saturated carbocycles. The number of hydrogen-bond donors (Lipinski definition) is 2. The summed E-state index contributed by atoms with van der Waals surface area (Å²) in [5, 5.41) is 13.1. The lowest BCUT2D eigenvalue weighted by Crippen LogP contribution is -2.56. The molecule has 0 radical (unpaired) electrons. The average molecular weight is 485 g/mol. The highest BCUT2D eigenvalue weighted by molar-refractivity contribution is 7.98. The summed E-state index contributed by atoms with van der Waals surface area (Å²) >= 11 is 1.55. The maximum atomic E-state index is 13.8. The van der Waals surface area contributed by atoms with E-state index in [1.807, 2.05) is 13.2 Å². The number of thioether (sulfide) groups is 1. The molecule has 4 rings (SSSR count). The first kappa shape index (κ1) is 24.1. The number of carbonyl (C=O) groups is 3. The number of ether oxygens (including phenoxy) is 2. The Morgan fingerprint density at radius 2 is 1.79 bits per heavy atom. The van der Waals surface area contributed by atoms with Crippen molar-refractivity contribution < 1.29 is 29.0 Å². The van der Waals surface area contributed by atoms with Crippen molar-refractivity contribution in [1.29, 1.82) is 0 Å². The third-order valence-electron chi connectivity index (χ3n) is 6.56. The first-order valence-electron chi connectivity index (χ1n) is 11.1. The van der Waals surface area contributed by atoms with Gasteiger partial charge in [-0.1, -0.05) is 12.1 Å². The van der Waals surface area contributed by atoms with Gasteiger partial charge >= 0.3 is 5.97 Å². The second kappa shape index (κ2) is 9.68. The molecule has 2 saturated heterocycles. The van der Waals surface area contributed by atoms with E-state index in [0.717, 1.165) is 0 Å². The van der Waals surface area contributed by atoms with Crippen molar-refractivity contribution in [2.75, 3.05) is 30.6 Å². The Hall–Kier alpha value is -3.04. The summed E-state index contributed by atoms with van der Waals surface area (Å²) in [5.41, 5.74) is -0.212. The van der Waals surface area contributed by atoms with Crippen LogP contribution in [0, 0.1) is 11.8 Å². The Labute approximate surface area is 202 Å². The first-order valence-corrected chi connectivity index (χ1v) is 12.5. The van der Waals surface area contributed by atoms with Gasteiger partial charge in [-0.2, -0.15) is 11.8 Å². The van der Waals surface area contributed by atoms with Crippen LogP contribution < -0.4 is 15.0 Å². The zero-order valence-electron chi connectivity index (χ0n) is 19.3. The fourth-order valence-corrected chi connectivity index (χ4v) is 5.57. The summed E-state index contributed by atoms with van der Waals surface area (Å²) in [6, 6.07) is 12.6. The van der Waals surface area contributed by atoms with E-state index in [0.29, 0.717) is 35.8 Å². The number of amides is 2. The second-order valence-corrected chi connectivity index (χ2v) is 9.35. The minimum atomic E-state index is -1.35. The average Bonchev–Trinajstić information content (AvgIpc) is 3.32. The fourth-order valence-electron chi connectivity index (χ4n) is 5.05. The molecule has 0 aromatic heterocycles. The number of fused-ring (bicyclic) bond motifs is 1. The van der Waals surface area contributed by atoms with Gasteiger partial charge in [-0.05, 0) is 67.3 Å². The molecule has 2 aliphatic heterocycles. The molecule has 2 aromatic carbocycles. The normalized spacial score (nSPS) is 26.0. The highest BCUT2D eigenvalue weighted by atomic mass is 32.2. The SMILES string of the molecule is CCOc1ccc(N2C(=O)[C@@H]3[C@@H](C2=O)[C@](CCSC)(C(=O)OC)N[C@H]3c2ccc(O)cc2)cc1. The Morgan fingerprint density at radius 3 is 2.38 bits per heavy atom. The predicted molar refractivity (Wildman–Crippen MR) is 129 cm³/mol. The van der Waals surface area contributed by atoms with Gasteiger partial charge in [-0.15, -0.1) is 0 Å². The van der Waals surface area contributed by atoms with Crippen molar-refractivity contribution in [2.24, 2.45) is 11.8 Å². The fraction of sp³-hybridized carbons (Fsp3) is 0.400. The number of phenolic OH excluding ortho intramolecular Hbond substituents is 1. The molecule has 34 heavy (non-hydrogen) atoms. The molecule has 0 spiro atoms. The molecule has 2 N–H and O–H groups in total. The minimum absolute atomic E-state index is 0.0877. The molecule has 9 heteroatoms. The molecule has 0 bridgehead atoms. The molecule has 2 aromatic rings. The third kappa shape index (κ3) is 3.92. The van der Waals surface area contributed by atoms with E-state index < -0.39 is 35.3 Å². The number of rotatable bonds is 8. The highest BCUT2D eigenvalue weighted by Crippen LogP contribution is 2.51. The van der Waals surface area contributed by atoms with E-state index in [2.05, 4.69) is 5.32 Å². The molecule has 8 nitrogen and oxygen atoms in total. The Morgan fingerprint density at radius 1 is 1.12 bits per heavy atom. The maximum absolute atomic E-state index is 13.8. The zero-order chi connectivity index (χ0) is 24.5. The molecule has 0 unspecified atom stereocenters. The van der Waals surface area contributed by atoms with Gasteiger partial charge in [0.1, 0.15) is 17.0 Å². The van der Waals surface area contributed by atoms with Crippen molar-refractivity contribution in [3.8, 4) is 11.5 Å². The van der Waals surface area contributed by atoms with Crippen LogP contribution in [0.2, 0.25) is 0 Å². The van der Waals surface area contributed by atoms with Crippen molar-refractivity contribution >= 4 is 35.2 Å². The summed E-state index contributed by atoms with van der Waals surface area (Å²) in [7, 11) is 1.29. The highest BCUT2D eigenvalue weighted by Gasteiger charge is 2.68. The summed E-state index contributed by atoms with van der Waals surface area (Å²) < 4.78 is 10.6. The molecule has 2 fully saturated rings. The van der Waals surface area contributed by atoms with Crippen molar-refractivity contribution in [3.05, 3.63) is 54.1 Å². The number of anilines is 1. The van der Waals surface area contributed by atoms with Gasteiger partial charge < -0.3 is 14.6 Å². The van der Waals surface area contributed by atoms with Crippen LogP contribution in [0.3, 0.4) is 0 Å². The van der Waals surface area contributed by atoms with Crippen LogP contribution in [0.4, 0.5) is 5.69 Å². The molecule has 4 atom stereocenters. The lowest BCUT2D eigenvalue weighted by atomic mass is 9.78. The van der Waals surface area contributed by atoms with Crippen LogP contribution in [-0.4, -0.2) is 54.2 Å². The van der Waals surface area contributed by atoms with Crippen LogP contribution in [0.25, 0.3) is 0 Å². The molecule has 2 heterocycles. The third-order valence-corrected chi connectivity index (χ3v) is 7.17. The van der Waals surface area contributed by atoms with Gasteiger partial charge in [0.15, 0.2) is 0 Å². The number of methoxy groups -OCH3 is 1. The van der Waals surface area contributed by atoms with Crippen LogP contribution in [-0.2, 0) is 19.1 Å². The Balaban J connectivity index is 1.80. The number of nitrogens with zero attached hydrogens (tertiary/aromatic N) is 1. The van der Waals surface area contributed by atoms with E-state index in [9.17, 15) is 19.5 Å². The number of carbonyl (C=O) groups excluding carboxylic acids is 3. The summed E-state index contributed by atoms with van der Waals surface area (Å²) in [6.07, 6.45) is 2.25. The number of nitrogens with one attached hydrogen (secondary N) is 1. The number of phenols is 1. The van der Waals surface area contributed by atoms with Gasteiger partial charge in [0.25, 0.3) is 0 Å². The van der Waals surface area contributed by atoms with E-state index in [4.69, 9.17) is 9.47 Å². The lowest BCUT2D eigenvalue weighted by molar-refractivity contribution is -0.152. The molecule has 180 valence electrons. The van der Waals surface area contributed by atoms with Crippen molar-refractivity contribution in [1.82, 2.24) is 5.32 Å². The monoisotopic (exact) mass is 484 g/mol. The number of aromatic hydroxyl groups is 1. The maximum Gasteiger partial charge on any atom is 0.326 e. The minimum Gasteiger partial charge on any atom is -0.508 e. The number of imide groups is 1. The van der Waals surface area contributed by atoms with Gasteiger partial charge in [-0.25, -0.2) is 4.90 Å². The predicted octanol–water partition coefficient (Wildman–Crippen LogP) is 2.91. The molecule has 2 aliphatic rings. The number of benzene rings is 2. The van der Waals surface area contributed by atoms with Crippen LogP contribution >= 0.6 is 11.8 Å². The van der Waals surface area contributed by atoms with Crippen LogP contribution in [0.5, 0.6) is 11.5 Å². The standard InChI is InChI=1S/C25H28N2O6S/c1-4-33-18-11-7-16(8-12-18)27-22(29)19-20(23(27)30)25(13-14-34-3,24(31)32-2)26-21(19)15-5-9-17(28)10-6-15/h5-12,19-21,26,28H,4,13-14H2,1-3H3/t19-,20+,21+,25-/m1/s1. The molecular weight excluding hydrogens is 456 g/mol. The van der Waals surface area contributed by atoms with Crippen molar-refractivity contribution in [3.63, 3.8) is 0 Å². The van der Waals surface area contributed by atoms with Gasteiger partial charge in [0, 0.05) is 6.04 Å². The van der Waals surface area contributed by atoms with Crippen molar-refractivity contribution in [2.45, 2.75) is 24.9 Å². The summed E-state index contributed by atoms with van der Waals surface area (Å²) in [6.45, 7) is 2.38. The van der Waals surface area contributed by atoms with Gasteiger partial charge in [-0.3, -0.25) is 19.7 Å². The summed E-state index contributed by atoms with van der Waals surface area (Å²) in [5.74, 6) is -1.78. The molecule has 0 aliphatic carbocycles. The van der Waals surface area contributed by atoms with E-state index in [-0.39, 0.29) is 11.7 Å². The Kier molecular flexibility index (Phi) is 6.86. The quantitative estimate of drug-likeness (QED) is 0.435. The second-order valence-electron chi connectivity index (χ2n) is 8.36. The first-order chi connectivity index (χ1) is 16.4. The molecule has 2 amide bonds.